The van der Waals surface area contributed by atoms with Crippen molar-refractivity contribution in [1.82, 2.24) is 4.72 Å². The van der Waals surface area contributed by atoms with Crippen LogP contribution in [0, 0.1) is 0 Å². The van der Waals surface area contributed by atoms with Crippen LogP contribution in [0.5, 0.6) is 0 Å². The van der Waals surface area contributed by atoms with Crippen molar-refractivity contribution in [3.05, 3.63) is 0 Å². The van der Waals surface area contributed by atoms with Gasteiger partial charge >= 0.3 is 6.18 Å². The highest BCUT2D eigenvalue weighted by Gasteiger charge is 2.29. The van der Waals surface area contributed by atoms with Gasteiger partial charge in [-0.25, -0.2) is 8.93 Å². The highest BCUT2D eigenvalue weighted by Crippen LogP contribution is 2.23. The van der Waals surface area contributed by atoms with Crippen LogP contribution in [-0.2, 0) is 11.0 Å². The monoisotopic (exact) mass is 259 g/mol. The van der Waals surface area contributed by atoms with E-state index in [4.69, 9.17) is 0 Å². The summed E-state index contributed by atoms with van der Waals surface area (Å²) < 4.78 is 50.0. The van der Waals surface area contributed by atoms with E-state index in [2.05, 4.69) is 4.72 Å². The number of hydrogen-bond donors (Lipinski definition) is 1. The molecule has 0 bridgehead atoms. The fourth-order valence-corrected chi connectivity index (χ4v) is 1.95. The SMILES string of the molecule is CCC(CCC(F)(F)F)NS(=O)C(C)(C)C. The maximum absolute atomic E-state index is 12.0. The Bertz CT molecular complexity index is 235. The van der Waals surface area contributed by atoms with Crippen molar-refractivity contribution in [3.63, 3.8) is 0 Å². The van der Waals surface area contributed by atoms with Gasteiger partial charge in [-0.3, -0.25) is 0 Å². The molecule has 0 saturated carbocycles. The van der Waals surface area contributed by atoms with Gasteiger partial charge in [0.05, 0.1) is 15.7 Å². The van der Waals surface area contributed by atoms with Crippen LogP contribution in [0.3, 0.4) is 0 Å². The van der Waals surface area contributed by atoms with E-state index in [0.29, 0.717) is 6.42 Å². The molecule has 2 atom stereocenters. The fourth-order valence-electron chi connectivity index (χ4n) is 1.01. The summed E-state index contributed by atoms with van der Waals surface area (Å²) in [5.74, 6) is 0. The van der Waals surface area contributed by atoms with Crippen LogP contribution in [0.1, 0.15) is 47.0 Å². The van der Waals surface area contributed by atoms with E-state index in [0.717, 1.165) is 0 Å². The van der Waals surface area contributed by atoms with Crippen molar-refractivity contribution in [2.45, 2.75) is 63.9 Å². The van der Waals surface area contributed by atoms with E-state index in [9.17, 15) is 17.4 Å². The highest BCUT2D eigenvalue weighted by atomic mass is 32.2. The molecule has 0 fully saturated rings. The first-order valence-electron chi connectivity index (χ1n) is 5.31. The Balaban J connectivity index is 4.17. The molecule has 0 saturated heterocycles. The average molecular weight is 259 g/mol. The molecule has 0 aliphatic carbocycles. The third-order valence-electron chi connectivity index (χ3n) is 2.10. The summed E-state index contributed by atoms with van der Waals surface area (Å²) in [6.07, 6.45) is -4.46. The number of hydrogen-bond acceptors (Lipinski definition) is 1. The number of halogens is 3. The Labute approximate surface area is 97.6 Å². The van der Waals surface area contributed by atoms with Crippen LogP contribution in [0.2, 0.25) is 0 Å². The maximum Gasteiger partial charge on any atom is 0.389 e. The van der Waals surface area contributed by atoms with Gasteiger partial charge in [-0.15, -0.1) is 0 Å². The molecule has 0 heterocycles. The van der Waals surface area contributed by atoms with E-state index in [1.54, 1.807) is 27.7 Å². The van der Waals surface area contributed by atoms with Gasteiger partial charge in [-0.05, 0) is 33.6 Å². The summed E-state index contributed by atoms with van der Waals surface area (Å²) in [6, 6.07) is -0.346. The summed E-state index contributed by atoms with van der Waals surface area (Å²) in [6.45, 7) is 7.14. The largest absolute Gasteiger partial charge is 0.389 e. The lowest BCUT2D eigenvalue weighted by Gasteiger charge is -2.23. The molecule has 6 heteroatoms. The molecule has 0 spiro atoms. The minimum atomic E-state index is -4.14. The summed E-state index contributed by atoms with van der Waals surface area (Å²) in [5.41, 5.74) is 0. The maximum atomic E-state index is 12.0. The Kier molecular flexibility index (Phi) is 5.96. The molecule has 0 aromatic rings. The van der Waals surface area contributed by atoms with Crippen molar-refractivity contribution in [2.24, 2.45) is 0 Å². The summed E-state index contributed by atoms with van der Waals surface area (Å²) in [4.78, 5) is 0. The number of alkyl halides is 3. The fraction of sp³-hybridized carbons (Fsp3) is 1.00. The topological polar surface area (TPSA) is 29.1 Å². The molecule has 0 amide bonds. The van der Waals surface area contributed by atoms with Crippen molar-refractivity contribution >= 4 is 11.0 Å². The van der Waals surface area contributed by atoms with E-state index in [1.165, 1.54) is 0 Å². The van der Waals surface area contributed by atoms with Crippen molar-refractivity contribution < 1.29 is 17.4 Å². The van der Waals surface area contributed by atoms with Crippen molar-refractivity contribution in [2.75, 3.05) is 0 Å². The minimum Gasteiger partial charge on any atom is -0.242 e. The molecule has 0 rings (SSSR count). The number of nitrogens with one attached hydrogen (secondary N) is 1. The van der Waals surface area contributed by atoms with Gasteiger partial charge in [0.1, 0.15) is 0 Å². The van der Waals surface area contributed by atoms with Crippen LogP contribution < -0.4 is 4.72 Å². The van der Waals surface area contributed by atoms with Crippen LogP contribution in [0.25, 0.3) is 0 Å². The Morgan fingerprint density at radius 2 is 1.75 bits per heavy atom. The predicted molar refractivity (Wildman–Crippen MR) is 60.4 cm³/mol. The van der Waals surface area contributed by atoms with Gasteiger partial charge < -0.3 is 0 Å². The Morgan fingerprint density at radius 1 is 1.25 bits per heavy atom. The molecule has 0 aliphatic heterocycles. The van der Waals surface area contributed by atoms with E-state index < -0.39 is 28.3 Å². The molecular weight excluding hydrogens is 239 g/mol. The predicted octanol–water partition coefficient (Wildman–Crippen LogP) is 3.16. The summed E-state index contributed by atoms with van der Waals surface area (Å²) in [7, 11) is -1.31. The van der Waals surface area contributed by atoms with Gasteiger partial charge in [0.2, 0.25) is 0 Å². The third kappa shape index (κ3) is 7.22. The van der Waals surface area contributed by atoms with Crippen LogP contribution >= 0.6 is 0 Å². The van der Waals surface area contributed by atoms with Crippen LogP contribution in [-0.4, -0.2) is 21.2 Å². The zero-order valence-electron chi connectivity index (χ0n) is 10.1. The summed E-state index contributed by atoms with van der Waals surface area (Å²) in [5, 5.41) is 0. The molecule has 2 unspecified atom stereocenters. The standard InChI is InChI=1S/C10H20F3NOS/c1-5-8(6-7-10(11,12)13)14-16(15)9(2,3)4/h8,14H,5-7H2,1-4H3. The quantitative estimate of drug-likeness (QED) is 0.807. The first-order valence-corrected chi connectivity index (χ1v) is 6.46. The molecule has 0 radical (unpaired) electrons. The smallest absolute Gasteiger partial charge is 0.242 e. The van der Waals surface area contributed by atoms with Gasteiger partial charge in [0.25, 0.3) is 0 Å². The Hall–Kier alpha value is -0.100. The van der Waals surface area contributed by atoms with E-state index >= 15 is 0 Å². The second-order valence-corrected chi connectivity index (χ2v) is 6.76. The van der Waals surface area contributed by atoms with Crippen molar-refractivity contribution in [1.29, 1.82) is 0 Å². The summed E-state index contributed by atoms with van der Waals surface area (Å²) >= 11 is 0. The van der Waals surface area contributed by atoms with Crippen LogP contribution in [0.4, 0.5) is 13.2 Å². The lowest BCUT2D eigenvalue weighted by Crippen LogP contribution is -2.40. The molecule has 1 N–H and O–H groups in total. The normalized spacial score (nSPS) is 17.2. The molecule has 16 heavy (non-hydrogen) atoms. The average Bonchev–Trinajstić information content (AvgIpc) is 2.08. The second kappa shape index (κ2) is 6.00. The molecule has 0 aromatic heterocycles. The molecule has 2 nitrogen and oxygen atoms in total. The second-order valence-electron chi connectivity index (χ2n) is 4.76. The van der Waals surface area contributed by atoms with Gasteiger partial charge in [-0.2, -0.15) is 13.2 Å². The third-order valence-corrected chi connectivity index (χ3v) is 3.76. The van der Waals surface area contributed by atoms with Crippen molar-refractivity contribution in [3.8, 4) is 0 Å². The van der Waals surface area contributed by atoms with Crippen LogP contribution in [0.15, 0.2) is 0 Å². The highest BCUT2D eigenvalue weighted by molar-refractivity contribution is 7.84. The zero-order valence-corrected chi connectivity index (χ0v) is 11.0. The first kappa shape index (κ1) is 15.9. The van der Waals surface area contributed by atoms with Gasteiger partial charge in [-0.1, -0.05) is 6.92 Å². The Morgan fingerprint density at radius 3 is 2.06 bits per heavy atom. The zero-order chi connectivity index (χ0) is 13.0. The van der Waals surface area contributed by atoms with Gasteiger partial charge in [0, 0.05) is 12.5 Å². The minimum absolute atomic E-state index is 0.0260. The lowest BCUT2D eigenvalue weighted by atomic mass is 10.1. The molecule has 98 valence electrons. The van der Waals surface area contributed by atoms with E-state index in [1.807, 2.05) is 0 Å². The first-order chi connectivity index (χ1) is 7.06. The van der Waals surface area contributed by atoms with E-state index in [-0.39, 0.29) is 12.5 Å². The lowest BCUT2D eigenvalue weighted by molar-refractivity contribution is -0.136. The molecule has 0 aliphatic rings. The number of rotatable bonds is 5. The van der Waals surface area contributed by atoms with Gasteiger partial charge in [0.15, 0.2) is 0 Å². The molecular formula is C10H20F3NOS. The molecule has 0 aromatic carbocycles.